The van der Waals surface area contributed by atoms with Gasteiger partial charge in [-0.05, 0) is 18.2 Å². The highest BCUT2D eigenvalue weighted by molar-refractivity contribution is 6.31. The molecular formula is C13H16ClFN4. The van der Waals surface area contributed by atoms with E-state index in [4.69, 9.17) is 11.6 Å². The summed E-state index contributed by atoms with van der Waals surface area (Å²) in [6, 6.07) is 4.57. The summed E-state index contributed by atoms with van der Waals surface area (Å²) in [6.07, 6.45) is 1.81. The Kier molecular flexibility index (Phi) is 3.95. The van der Waals surface area contributed by atoms with Crippen molar-refractivity contribution in [3.8, 4) is 0 Å². The van der Waals surface area contributed by atoms with Gasteiger partial charge in [0, 0.05) is 26.8 Å². The zero-order valence-electron chi connectivity index (χ0n) is 11.1. The van der Waals surface area contributed by atoms with Crippen LogP contribution in [0.1, 0.15) is 5.69 Å². The highest BCUT2D eigenvalue weighted by atomic mass is 35.5. The molecule has 102 valence electrons. The van der Waals surface area contributed by atoms with Crippen LogP contribution in [-0.2, 0) is 13.6 Å². The van der Waals surface area contributed by atoms with Crippen LogP contribution in [0.25, 0.3) is 0 Å². The minimum atomic E-state index is -0.414. The summed E-state index contributed by atoms with van der Waals surface area (Å²) in [5.41, 5.74) is 1.81. The van der Waals surface area contributed by atoms with E-state index >= 15 is 0 Å². The number of benzene rings is 1. The predicted molar refractivity (Wildman–Crippen MR) is 76.3 cm³/mol. The fourth-order valence-corrected chi connectivity index (χ4v) is 1.99. The van der Waals surface area contributed by atoms with Gasteiger partial charge in [0.1, 0.15) is 5.82 Å². The molecule has 0 bridgehead atoms. The molecule has 0 aliphatic rings. The third kappa shape index (κ3) is 2.98. The summed E-state index contributed by atoms with van der Waals surface area (Å²) >= 11 is 5.73. The largest absolute Gasteiger partial charge is 0.379 e. The third-order valence-electron chi connectivity index (χ3n) is 2.85. The van der Waals surface area contributed by atoms with Gasteiger partial charge in [-0.3, -0.25) is 0 Å². The van der Waals surface area contributed by atoms with Gasteiger partial charge < -0.3 is 14.8 Å². The summed E-state index contributed by atoms with van der Waals surface area (Å²) < 4.78 is 15.0. The second kappa shape index (κ2) is 5.48. The van der Waals surface area contributed by atoms with E-state index in [0.29, 0.717) is 6.54 Å². The third-order valence-corrected chi connectivity index (χ3v) is 3.14. The van der Waals surface area contributed by atoms with E-state index in [1.54, 1.807) is 12.1 Å². The van der Waals surface area contributed by atoms with Crippen molar-refractivity contribution >= 4 is 23.2 Å². The molecule has 0 amide bonds. The molecule has 1 aromatic carbocycles. The van der Waals surface area contributed by atoms with Gasteiger partial charge in [0.25, 0.3) is 0 Å². The first kappa shape index (κ1) is 13.7. The quantitative estimate of drug-likeness (QED) is 0.936. The molecule has 0 aliphatic carbocycles. The molecule has 2 rings (SSSR count). The lowest BCUT2D eigenvalue weighted by Crippen LogP contribution is -2.15. The number of hydrogen-bond acceptors (Lipinski definition) is 3. The van der Waals surface area contributed by atoms with Crippen molar-refractivity contribution in [1.82, 2.24) is 9.55 Å². The molecular weight excluding hydrogens is 267 g/mol. The summed E-state index contributed by atoms with van der Waals surface area (Å²) in [7, 11) is 5.84. The Morgan fingerprint density at radius 1 is 1.42 bits per heavy atom. The molecule has 1 aromatic heterocycles. The van der Waals surface area contributed by atoms with Crippen molar-refractivity contribution in [2.75, 3.05) is 24.3 Å². The van der Waals surface area contributed by atoms with Crippen LogP contribution >= 0.6 is 11.6 Å². The monoisotopic (exact) mass is 282 g/mol. The van der Waals surface area contributed by atoms with E-state index in [2.05, 4.69) is 10.3 Å². The first-order chi connectivity index (χ1) is 8.99. The molecule has 0 atom stereocenters. The number of nitrogens with zero attached hydrogens (tertiary/aromatic N) is 3. The fourth-order valence-electron chi connectivity index (χ4n) is 1.81. The van der Waals surface area contributed by atoms with Gasteiger partial charge in [-0.1, -0.05) is 11.6 Å². The van der Waals surface area contributed by atoms with E-state index < -0.39 is 5.82 Å². The number of aromatic nitrogens is 2. The maximum Gasteiger partial charge on any atom is 0.204 e. The Labute approximate surface area is 116 Å². The zero-order chi connectivity index (χ0) is 14.0. The second-order valence-electron chi connectivity index (χ2n) is 4.49. The Bertz CT molecular complexity index is 580. The average molecular weight is 283 g/mol. The van der Waals surface area contributed by atoms with Crippen molar-refractivity contribution in [3.63, 3.8) is 0 Å². The minimum absolute atomic E-state index is 0.115. The number of anilines is 2. The summed E-state index contributed by atoms with van der Waals surface area (Å²) in [6.45, 7) is 0.597. The van der Waals surface area contributed by atoms with Gasteiger partial charge >= 0.3 is 0 Å². The predicted octanol–water partition coefficient (Wildman–Crippen LogP) is 2.89. The van der Waals surface area contributed by atoms with Crippen molar-refractivity contribution in [1.29, 1.82) is 0 Å². The topological polar surface area (TPSA) is 33.1 Å². The SMILES string of the molecule is CN(C)c1ncc(CNc2ccc(F)c(Cl)c2)n1C. The number of hydrogen-bond donors (Lipinski definition) is 1. The van der Waals surface area contributed by atoms with Crippen LogP contribution < -0.4 is 10.2 Å². The molecule has 19 heavy (non-hydrogen) atoms. The van der Waals surface area contributed by atoms with Gasteiger partial charge in [0.2, 0.25) is 5.95 Å². The summed E-state index contributed by atoms with van der Waals surface area (Å²) in [4.78, 5) is 6.26. The van der Waals surface area contributed by atoms with Gasteiger partial charge in [-0.2, -0.15) is 0 Å². The van der Waals surface area contributed by atoms with E-state index in [-0.39, 0.29) is 5.02 Å². The molecule has 0 radical (unpaired) electrons. The average Bonchev–Trinajstić information content (AvgIpc) is 2.72. The first-order valence-electron chi connectivity index (χ1n) is 5.86. The smallest absolute Gasteiger partial charge is 0.204 e. The standard InChI is InChI=1S/C13H16ClFN4/c1-18(2)13-17-8-10(19(13)3)7-16-9-4-5-12(15)11(14)6-9/h4-6,8,16H,7H2,1-3H3. The van der Waals surface area contributed by atoms with Crippen LogP contribution in [0, 0.1) is 5.82 Å². The Balaban J connectivity index is 2.08. The molecule has 4 nitrogen and oxygen atoms in total. The van der Waals surface area contributed by atoms with Gasteiger partial charge in [0.05, 0.1) is 23.5 Å². The normalized spacial score (nSPS) is 10.6. The maximum atomic E-state index is 13.0. The van der Waals surface area contributed by atoms with Crippen LogP contribution in [0.15, 0.2) is 24.4 Å². The van der Waals surface area contributed by atoms with E-state index in [1.165, 1.54) is 6.07 Å². The van der Waals surface area contributed by atoms with Crippen LogP contribution in [-0.4, -0.2) is 23.6 Å². The van der Waals surface area contributed by atoms with Gasteiger partial charge in [0.15, 0.2) is 0 Å². The number of imidazole rings is 1. The van der Waals surface area contributed by atoms with Crippen LogP contribution in [0.4, 0.5) is 16.0 Å². The molecule has 1 heterocycles. The number of nitrogens with one attached hydrogen (secondary N) is 1. The van der Waals surface area contributed by atoms with Gasteiger partial charge in [-0.15, -0.1) is 0 Å². The van der Waals surface area contributed by atoms with Crippen molar-refractivity contribution in [2.24, 2.45) is 7.05 Å². The number of rotatable bonds is 4. The molecule has 2 aromatic rings. The lowest BCUT2D eigenvalue weighted by molar-refractivity contribution is 0.628. The Hall–Kier alpha value is -1.75. The van der Waals surface area contributed by atoms with Crippen molar-refractivity contribution < 1.29 is 4.39 Å². The van der Waals surface area contributed by atoms with Crippen LogP contribution in [0.5, 0.6) is 0 Å². The van der Waals surface area contributed by atoms with E-state index in [0.717, 1.165) is 17.3 Å². The number of halogens is 2. The fraction of sp³-hybridized carbons (Fsp3) is 0.308. The highest BCUT2D eigenvalue weighted by Gasteiger charge is 2.08. The minimum Gasteiger partial charge on any atom is -0.379 e. The molecule has 0 saturated carbocycles. The van der Waals surface area contributed by atoms with Crippen LogP contribution in [0.2, 0.25) is 5.02 Å². The summed E-state index contributed by atoms with van der Waals surface area (Å²) in [5.74, 6) is 0.469. The Morgan fingerprint density at radius 2 is 2.16 bits per heavy atom. The molecule has 0 fully saturated rings. The first-order valence-corrected chi connectivity index (χ1v) is 6.23. The molecule has 0 unspecified atom stereocenters. The molecule has 0 aliphatic heterocycles. The van der Waals surface area contributed by atoms with Crippen LogP contribution in [0.3, 0.4) is 0 Å². The Morgan fingerprint density at radius 3 is 2.74 bits per heavy atom. The van der Waals surface area contributed by atoms with E-state index in [9.17, 15) is 4.39 Å². The lowest BCUT2D eigenvalue weighted by atomic mass is 10.3. The molecule has 0 saturated heterocycles. The zero-order valence-corrected chi connectivity index (χ0v) is 11.9. The lowest BCUT2D eigenvalue weighted by Gasteiger charge is -2.13. The second-order valence-corrected chi connectivity index (χ2v) is 4.89. The molecule has 6 heteroatoms. The maximum absolute atomic E-state index is 13.0. The molecule has 1 N–H and O–H groups in total. The van der Waals surface area contributed by atoms with E-state index in [1.807, 2.05) is 36.8 Å². The highest BCUT2D eigenvalue weighted by Crippen LogP contribution is 2.20. The summed E-state index contributed by atoms with van der Waals surface area (Å²) in [5, 5.41) is 3.31. The van der Waals surface area contributed by atoms with Gasteiger partial charge in [-0.25, -0.2) is 9.37 Å². The van der Waals surface area contributed by atoms with Crippen molar-refractivity contribution in [2.45, 2.75) is 6.54 Å². The van der Waals surface area contributed by atoms with Crippen molar-refractivity contribution in [3.05, 3.63) is 40.9 Å². The molecule has 0 spiro atoms.